The van der Waals surface area contributed by atoms with Gasteiger partial charge in [0.05, 0.1) is 32.5 Å². The Balaban J connectivity index is 0.000000155. The molecule has 4 aromatic carbocycles. The fourth-order valence-electron chi connectivity index (χ4n) is 5.64. The first-order chi connectivity index (χ1) is 23.8. The lowest BCUT2D eigenvalue weighted by molar-refractivity contribution is 0.180. The molecular weight excluding hydrogens is 624 g/mol. The van der Waals surface area contributed by atoms with Gasteiger partial charge >= 0.3 is 0 Å². The molecule has 254 valence electrons. The van der Waals surface area contributed by atoms with Gasteiger partial charge in [-0.2, -0.15) is 0 Å². The first-order valence-corrected chi connectivity index (χ1v) is 15.7. The molecule has 0 aliphatic rings. The van der Waals surface area contributed by atoms with Crippen LogP contribution in [0, 0.1) is 13.8 Å². The number of phenols is 2. The summed E-state index contributed by atoms with van der Waals surface area (Å²) in [7, 11) is 1.56. The van der Waals surface area contributed by atoms with Crippen LogP contribution in [0.4, 0.5) is 0 Å². The van der Waals surface area contributed by atoms with E-state index in [0.717, 1.165) is 62.3 Å². The molecule has 0 unspecified atom stereocenters. The Bertz CT molecular complexity index is 2280. The second-order valence-electron chi connectivity index (χ2n) is 11.2. The summed E-state index contributed by atoms with van der Waals surface area (Å²) in [6.45, 7) is 15.7. The number of aromatic nitrogens is 6. The highest BCUT2D eigenvalue weighted by Crippen LogP contribution is 2.35. The van der Waals surface area contributed by atoms with Crippen molar-refractivity contribution in [3.8, 4) is 28.6 Å². The molecule has 0 saturated carbocycles. The number of ether oxygens (including phenoxy) is 4. The normalized spacial score (nSPS) is 11.1. The fourth-order valence-corrected chi connectivity index (χ4v) is 5.64. The Labute approximate surface area is 282 Å². The lowest BCUT2D eigenvalue weighted by Crippen LogP contribution is -2.04. The molecule has 49 heavy (non-hydrogen) atoms. The van der Waals surface area contributed by atoms with E-state index in [4.69, 9.17) is 14.2 Å². The van der Waals surface area contributed by atoms with Crippen molar-refractivity contribution in [3.63, 3.8) is 0 Å². The third kappa shape index (κ3) is 6.23. The Morgan fingerprint density at radius 2 is 1.27 bits per heavy atom. The maximum Gasteiger partial charge on any atom is 0.146 e. The van der Waals surface area contributed by atoms with E-state index >= 15 is 0 Å². The van der Waals surface area contributed by atoms with Gasteiger partial charge < -0.3 is 29.2 Å². The van der Waals surface area contributed by atoms with Gasteiger partial charge in [0.25, 0.3) is 0 Å². The van der Waals surface area contributed by atoms with Crippen LogP contribution >= 0.6 is 0 Å². The number of nitrogens with zero attached hydrogens (tertiary/aromatic N) is 6. The second-order valence-corrected chi connectivity index (χ2v) is 11.2. The van der Waals surface area contributed by atoms with Crippen LogP contribution in [0.1, 0.15) is 16.7 Å². The summed E-state index contributed by atoms with van der Waals surface area (Å²) in [6.07, 6.45) is 5.00. The van der Waals surface area contributed by atoms with Crippen molar-refractivity contribution in [1.82, 2.24) is 28.1 Å². The van der Waals surface area contributed by atoms with Crippen molar-refractivity contribution in [1.29, 1.82) is 0 Å². The highest BCUT2D eigenvalue weighted by Gasteiger charge is 2.27. The Morgan fingerprint density at radius 1 is 0.653 bits per heavy atom. The number of rotatable bonds is 12. The van der Waals surface area contributed by atoms with Crippen molar-refractivity contribution < 1.29 is 29.2 Å². The Morgan fingerprint density at radius 3 is 1.92 bits per heavy atom. The zero-order valence-corrected chi connectivity index (χ0v) is 27.8. The first-order valence-electron chi connectivity index (χ1n) is 15.7. The lowest BCUT2D eigenvalue weighted by Gasteiger charge is -2.06. The monoisotopic (exact) mass is 664 g/mol. The molecule has 0 amide bonds. The smallest absolute Gasteiger partial charge is 0.146 e. The van der Waals surface area contributed by atoms with E-state index in [-0.39, 0.29) is 5.75 Å². The minimum Gasteiger partial charge on any atom is -0.506 e. The number of aromatic hydroxyl groups is 2. The average Bonchev–Trinajstić information content (AvgIpc) is 3.97. The summed E-state index contributed by atoms with van der Waals surface area (Å²) in [4.78, 5) is 3.91. The molecule has 4 heterocycles. The Kier molecular flexibility index (Phi) is 9.20. The molecule has 0 spiro atoms. The second kappa shape index (κ2) is 13.8. The van der Waals surface area contributed by atoms with Crippen LogP contribution in [0.5, 0.6) is 17.2 Å². The van der Waals surface area contributed by atoms with Crippen LogP contribution in [0.25, 0.3) is 33.4 Å². The average molecular weight is 665 g/mol. The van der Waals surface area contributed by atoms with E-state index in [9.17, 15) is 10.2 Å². The molecule has 4 aromatic heterocycles. The molecule has 0 aliphatic carbocycles. The predicted octanol–water partition coefficient (Wildman–Crippen LogP) is 6.89. The molecule has 8 aromatic rings. The quantitative estimate of drug-likeness (QED) is 0.109. The molecule has 8 rings (SSSR count). The van der Waals surface area contributed by atoms with E-state index in [0.29, 0.717) is 25.6 Å². The van der Waals surface area contributed by atoms with Crippen LogP contribution in [-0.2, 0) is 20.6 Å². The molecule has 2 N–H and O–H groups in total. The lowest BCUT2D eigenvalue weighted by atomic mass is 10.1. The van der Waals surface area contributed by atoms with Crippen molar-refractivity contribution >= 4 is 22.1 Å². The first kappa shape index (κ1) is 32.6. The van der Waals surface area contributed by atoms with Crippen LogP contribution in [0.15, 0.2) is 111 Å². The number of benzene rings is 4. The predicted molar refractivity (Wildman–Crippen MR) is 189 cm³/mol. The van der Waals surface area contributed by atoms with Crippen LogP contribution < -0.4 is 4.74 Å². The molecule has 0 atom stereocenters. The largest absolute Gasteiger partial charge is 0.506 e. The highest BCUT2D eigenvalue weighted by atomic mass is 16.5. The van der Waals surface area contributed by atoms with E-state index in [2.05, 4.69) is 36.6 Å². The third-order valence-electron chi connectivity index (χ3n) is 7.98. The van der Waals surface area contributed by atoms with Crippen molar-refractivity contribution in [3.05, 3.63) is 128 Å². The number of hydrogen-bond donors (Lipinski definition) is 2. The van der Waals surface area contributed by atoms with Crippen LogP contribution in [0.3, 0.4) is 0 Å². The number of hydrogen-bond acceptors (Lipinski definition) is 6. The summed E-state index contributed by atoms with van der Waals surface area (Å²) in [5, 5.41) is 20.5. The highest BCUT2D eigenvalue weighted by molar-refractivity contribution is 5.81. The number of methoxy groups -OCH3 is 1. The Hall–Kier alpha value is -6.30. The van der Waals surface area contributed by atoms with Gasteiger partial charge in [0.2, 0.25) is 0 Å². The molecular formula is C37H40N6O6. The SMILES string of the molecule is C=COC.C=COCCOc1ccc2c(c1)n1n(-c3cc(C)cc(C)c3O)n21.C=COCCc1ccc(O)c(-n2n3c4ccccc4n23)c1. The van der Waals surface area contributed by atoms with Gasteiger partial charge in [0.1, 0.15) is 63.9 Å². The van der Waals surface area contributed by atoms with Crippen molar-refractivity contribution in [2.75, 3.05) is 26.9 Å². The van der Waals surface area contributed by atoms with Gasteiger partial charge in [0.15, 0.2) is 0 Å². The van der Waals surface area contributed by atoms with Crippen molar-refractivity contribution in [2.24, 2.45) is 0 Å². The number of phenolic OH excluding ortho intramolecular Hbond substituents is 2. The minimum absolute atomic E-state index is 0.267. The van der Waals surface area contributed by atoms with Gasteiger partial charge in [-0.1, -0.05) is 44.0 Å². The number of fused-ring (bicyclic) bond motifs is 8. The van der Waals surface area contributed by atoms with Gasteiger partial charge in [-0.25, -0.2) is 0 Å². The molecule has 0 fully saturated rings. The summed E-state index contributed by atoms with van der Waals surface area (Å²) < 4.78 is 28.2. The van der Waals surface area contributed by atoms with Gasteiger partial charge in [-0.15, -0.1) is 28.1 Å². The van der Waals surface area contributed by atoms with Crippen molar-refractivity contribution in [2.45, 2.75) is 20.3 Å². The summed E-state index contributed by atoms with van der Waals surface area (Å²) in [6, 6.07) is 23.6. The van der Waals surface area contributed by atoms with Crippen LogP contribution in [-0.4, -0.2) is 65.3 Å². The zero-order valence-electron chi connectivity index (χ0n) is 27.8. The van der Waals surface area contributed by atoms with E-state index in [1.165, 1.54) is 18.8 Å². The fraction of sp³-hybridized carbons (Fsp3) is 0.189. The van der Waals surface area contributed by atoms with Gasteiger partial charge in [0, 0.05) is 12.5 Å². The van der Waals surface area contributed by atoms with Gasteiger partial charge in [-0.3, -0.25) is 0 Å². The van der Waals surface area contributed by atoms with E-state index < -0.39 is 0 Å². The summed E-state index contributed by atoms with van der Waals surface area (Å²) in [5.74, 6) is 1.36. The summed E-state index contributed by atoms with van der Waals surface area (Å²) >= 11 is 0. The molecule has 0 saturated heterocycles. The zero-order chi connectivity index (χ0) is 34.7. The van der Waals surface area contributed by atoms with Crippen LogP contribution in [0.2, 0.25) is 0 Å². The maximum atomic E-state index is 10.4. The molecule has 12 heteroatoms. The molecule has 0 radical (unpaired) electrons. The number of para-hydroxylation sites is 2. The standard InChI is InChI=1S/C18H19N3O3.C16H15N3O2.C3H6O/c1-4-23-7-8-24-14-5-6-15-16(11-14)20-19(15)21(20)17-10-12(2)9-13(3)18(17)22;1-2-21-10-9-12-7-8-16(20)15(11-12)19-17-13-5-3-4-6-14(13)18(17)19;1-3-4-2/h4-6,9-11,22H,1,7-8H2,2-3H3;2-8,11,20H,1,9-10H2;3H,1H2,2H3. The number of aryl methyl sites for hydroxylation is 2. The van der Waals surface area contributed by atoms with Gasteiger partial charge in [-0.05, 0) is 73.0 Å². The van der Waals surface area contributed by atoms with E-state index in [1.54, 1.807) is 13.2 Å². The van der Waals surface area contributed by atoms with E-state index in [1.807, 2.05) is 96.6 Å². The molecule has 0 aliphatic heterocycles. The minimum atomic E-state index is 0.267. The summed E-state index contributed by atoms with van der Waals surface area (Å²) in [5.41, 5.74) is 9.10. The molecule has 12 nitrogen and oxygen atoms in total. The molecule has 0 bridgehead atoms. The maximum absolute atomic E-state index is 10.4. The third-order valence-corrected chi connectivity index (χ3v) is 7.98. The topological polar surface area (TPSA) is 105 Å².